The molecule has 0 aliphatic rings. The fourth-order valence-corrected chi connectivity index (χ4v) is 2.17. The van der Waals surface area contributed by atoms with E-state index in [1.54, 1.807) is 12.1 Å². The van der Waals surface area contributed by atoms with Gasteiger partial charge in [-0.25, -0.2) is 4.39 Å². The smallest absolute Gasteiger partial charge is 0.161 e. The van der Waals surface area contributed by atoms with Crippen molar-refractivity contribution in [2.24, 2.45) is 0 Å². The first-order chi connectivity index (χ1) is 8.74. The van der Waals surface area contributed by atoms with Gasteiger partial charge in [0.15, 0.2) is 5.65 Å². The summed E-state index contributed by atoms with van der Waals surface area (Å²) >= 11 is 3.38. The predicted molar refractivity (Wildman–Crippen MR) is 69.9 cm³/mol. The van der Waals surface area contributed by atoms with E-state index in [4.69, 9.17) is 0 Å². The van der Waals surface area contributed by atoms with Gasteiger partial charge in [0.1, 0.15) is 11.6 Å². The van der Waals surface area contributed by atoms with Gasteiger partial charge in [-0.2, -0.15) is 0 Å². The van der Waals surface area contributed by atoms with Crippen LogP contribution in [-0.2, 0) is 6.42 Å². The molecule has 90 valence electrons. The summed E-state index contributed by atoms with van der Waals surface area (Å²) in [7, 11) is 0. The Morgan fingerprint density at radius 2 is 2.00 bits per heavy atom. The number of pyridine rings is 1. The van der Waals surface area contributed by atoms with E-state index in [9.17, 15) is 4.39 Å². The summed E-state index contributed by atoms with van der Waals surface area (Å²) in [5.41, 5.74) is 1.37. The highest BCUT2D eigenvalue weighted by atomic mass is 79.9. The number of fused-ring (bicyclic) bond motifs is 1. The Balaban J connectivity index is 2.03. The van der Waals surface area contributed by atoms with Crippen LogP contribution in [0.15, 0.2) is 47.1 Å². The quantitative estimate of drug-likeness (QED) is 0.727. The van der Waals surface area contributed by atoms with Crippen LogP contribution in [0.25, 0.3) is 5.65 Å². The second-order valence-corrected chi connectivity index (χ2v) is 4.87. The zero-order valence-electron chi connectivity index (χ0n) is 9.35. The second kappa shape index (κ2) is 4.49. The summed E-state index contributed by atoms with van der Waals surface area (Å²) in [5, 5.41) is 8.16. The van der Waals surface area contributed by atoms with Crippen molar-refractivity contribution in [3.05, 3.63) is 64.3 Å². The summed E-state index contributed by atoms with van der Waals surface area (Å²) in [6.07, 6.45) is 2.30. The Morgan fingerprint density at radius 1 is 1.17 bits per heavy atom. The Morgan fingerprint density at radius 3 is 2.83 bits per heavy atom. The van der Waals surface area contributed by atoms with Crippen molar-refractivity contribution in [1.29, 1.82) is 0 Å². The number of rotatable bonds is 2. The maximum atomic E-state index is 13.6. The topological polar surface area (TPSA) is 30.2 Å². The minimum atomic E-state index is -0.216. The van der Waals surface area contributed by atoms with E-state index in [1.165, 1.54) is 6.07 Å². The number of halogens is 2. The molecule has 3 nitrogen and oxygen atoms in total. The van der Waals surface area contributed by atoms with Gasteiger partial charge in [-0.3, -0.25) is 4.40 Å². The van der Waals surface area contributed by atoms with Gasteiger partial charge in [-0.1, -0.05) is 34.1 Å². The molecule has 3 rings (SSSR count). The number of aromatic nitrogens is 3. The highest BCUT2D eigenvalue weighted by Gasteiger charge is 2.09. The SMILES string of the molecule is Fc1ccccc1Cc1nnc2cc(Br)ccn12. The van der Waals surface area contributed by atoms with Gasteiger partial charge in [0.05, 0.1) is 0 Å². The van der Waals surface area contributed by atoms with Crippen molar-refractivity contribution >= 4 is 21.6 Å². The molecule has 3 aromatic rings. The standard InChI is InChI=1S/C13H9BrFN3/c14-10-5-6-18-12(16-17-13(18)8-10)7-9-3-1-2-4-11(9)15/h1-6,8H,7H2. The van der Waals surface area contributed by atoms with Crippen molar-refractivity contribution in [3.8, 4) is 0 Å². The van der Waals surface area contributed by atoms with Crippen LogP contribution in [0, 0.1) is 5.82 Å². The van der Waals surface area contributed by atoms with Crippen LogP contribution in [0.1, 0.15) is 11.4 Å². The molecule has 0 unspecified atom stereocenters. The van der Waals surface area contributed by atoms with Crippen molar-refractivity contribution in [3.63, 3.8) is 0 Å². The summed E-state index contributed by atoms with van der Waals surface area (Å²) in [5.74, 6) is 0.508. The normalized spacial score (nSPS) is 11.0. The lowest BCUT2D eigenvalue weighted by atomic mass is 10.1. The minimum Gasteiger partial charge on any atom is -0.286 e. The van der Waals surface area contributed by atoms with Gasteiger partial charge in [0.2, 0.25) is 0 Å². The van der Waals surface area contributed by atoms with E-state index in [-0.39, 0.29) is 5.82 Å². The molecule has 0 amide bonds. The second-order valence-electron chi connectivity index (χ2n) is 3.96. The van der Waals surface area contributed by atoms with Crippen molar-refractivity contribution in [2.45, 2.75) is 6.42 Å². The third-order valence-corrected chi connectivity index (χ3v) is 3.24. The van der Waals surface area contributed by atoms with E-state index in [1.807, 2.05) is 28.8 Å². The van der Waals surface area contributed by atoms with Gasteiger partial charge in [-0.15, -0.1) is 10.2 Å². The molecule has 0 spiro atoms. The molecule has 0 bridgehead atoms. The van der Waals surface area contributed by atoms with Crippen LogP contribution in [0.3, 0.4) is 0 Å². The first-order valence-electron chi connectivity index (χ1n) is 5.46. The van der Waals surface area contributed by atoms with E-state index in [0.29, 0.717) is 12.0 Å². The lowest BCUT2D eigenvalue weighted by Gasteiger charge is -2.02. The summed E-state index contributed by atoms with van der Waals surface area (Å²) in [6, 6.07) is 10.5. The summed E-state index contributed by atoms with van der Waals surface area (Å²) in [4.78, 5) is 0. The largest absolute Gasteiger partial charge is 0.286 e. The molecule has 0 aliphatic heterocycles. The number of nitrogens with zero attached hydrogens (tertiary/aromatic N) is 3. The van der Waals surface area contributed by atoms with Gasteiger partial charge < -0.3 is 0 Å². The van der Waals surface area contributed by atoms with E-state index in [2.05, 4.69) is 26.1 Å². The molecule has 0 aliphatic carbocycles. The van der Waals surface area contributed by atoms with E-state index in [0.717, 1.165) is 15.9 Å². The molecule has 5 heteroatoms. The molecule has 0 saturated carbocycles. The Kier molecular flexibility index (Phi) is 2.83. The van der Waals surface area contributed by atoms with Crippen LogP contribution in [-0.4, -0.2) is 14.6 Å². The lowest BCUT2D eigenvalue weighted by molar-refractivity contribution is 0.611. The molecule has 0 N–H and O–H groups in total. The van der Waals surface area contributed by atoms with Gasteiger partial charge in [0.25, 0.3) is 0 Å². The summed E-state index contributed by atoms with van der Waals surface area (Å²) in [6.45, 7) is 0. The van der Waals surface area contributed by atoms with Gasteiger partial charge >= 0.3 is 0 Å². The third kappa shape index (κ3) is 2.01. The third-order valence-electron chi connectivity index (χ3n) is 2.75. The zero-order chi connectivity index (χ0) is 12.5. The average Bonchev–Trinajstić information content (AvgIpc) is 2.74. The highest BCUT2D eigenvalue weighted by Crippen LogP contribution is 2.16. The molecule has 0 fully saturated rings. The maximum Gasteiger partial charge on any atom is 0.161 e. The van der Waals surface area contributed by atoms with Gasteiger partial charge in [-0.05, 0) is 23.8 Å². The highest BCUT2D eigenvalue weighted by molar-refractivity contribution is 9.10. The molecule has 2 aromatic heterocycles. The molecule has 0 saturated heterocycles. The molecule has 1 aromatic carbocycles. The molecular weight excluding hydrogens is 297 g/mol. The van der Waals surface area contributed by atoms with Crippen LogP contribution in [0.2, 0.25) is 0 Å². The van der Waals surface area contributed by atoms with E-state index < -0.39 is 0 Å². The Hall–Kier alpha value is -1.75. The fraction of sp³-hybridized carbons (Fsp3) is 0.0769. The molecule has 18 heavy (non-hydrogen) atoms. The number of hydrogen-bond donors (Lipinski definition) is 0. The Bertz CT molecular complexity index is 708. The Labute approximate surface area is 111 Å². The van der Waals surface area contributed by atoms with Crippen molar-refractivity contribution in [1.82, 2.24) is 14.6 Å². The molecule has 0 radical (unpaired) electrons. The monoisotopic (exact) mass is 305 g/mol. The molecule has 0 atom stereocenters. The van der Waals surface area contributed by atoms with Gasteiger partial charge in [0, 0.05) is 17.1 Å². The van der Waals surface area contributed by atoms with Crippen molar-refractivity contribution < 1.29 is 4.39 Å². The number of hydrogen-bond acceptors (Lipinski definition) is 2. The molecular formula is C13H9BrFN3. The number of benzene rings is 1. The minimum absolute atomic E-state index is 0.216. The fourth-order valence-electron chi connectivity index (χ4n) is 1.85. The van der Waals surface area contributed by atoms with Crippen LogP contribution in [0.4, 0.5) is 4.39 Å². The van der Waals surface area contributed by atoms with Crippen LogP contribution in [0.5, 0.6) is 0 Å². The first-order valence-corrected chi connectivity index (χ1v) is 6.26. The van der Waals surface area contributed by atoms with E-state index >= 15 is 0 Å². The lowest BCUT2D eigenvalue weighted by Crippen LogP contribution is -1.98. The predicted octanol–water partition coefficient (Wildman–Crippen LogP) is 3.22. The van der Waals surface area contributed by atoms with Crippen LogP contribution < -0.4 is 0 Å². The van der Waals surface area contributed by atoms with Crippen LogP contribution >= 0.6 is 15.9 Å². The first kappa shape index (κ1) is 11.3. The summed E-state index contributed by atoms with van der Waals surface area (Å²) < 4.78 is 16.4. The van der Waals surface area contributed by atoms with Crippen molar-refractivity contribution in [2.75, 3.05) is 0 Å². The average molecular weight is 306 g/mol. The zero-order valence-corrected chi connectivity index (χ0v) is 10.9. The molecule has 2 heterocycles. The maximum absolute atomic E-state index is 13.6.